The number of aromatic nitrogens is 2. The van der Waals surface area contributed by atoms with Crippen molar-refractivity contribution in [3.8, 4) is 0 Å². The molecule has 0 aliphatic rings. The summed E-state index contributed by atoms with van der Waals surface area (Å²) in [5.41, 5.74) is 0.804. The molecule has 2 nitrogen and oxygen atoms in total. The molecule has 0 aromatic carbocycles. The molecule has 13 heavy (non-hydrogen) atoms. The van der Waals surface area contributed by atoms with Crippen molar-refractivity contribution >= 4 is 54.4 Å². The molecule has 2 rings (SSSR count). The molecule has 0 N–H and O–H groups in total. The maximum Gasteiger partial charge on any atom is 0.132 e. The van der Waals surface area contributed by atoms with Crippen molar-refractivity contribution < 1.29 is 0 Å². The minimum atomic E-state index is 0.617. The molecular weight excluding hydrogens is 319 g/mol. The minimum Gasteiger partial charge on any atom is -0.252 e. The van der Waals surface area contributed by atoms with Crippen molar-refractivity contribution in [3.63, 3.8) is 0 Å². The third-order valence-corrected chi connectivity index (χ3v) is 3.02. The molecule has 2 aromatic rings. The van der Waals surface area contributed by atoms with Crippen LogP contribution in [0, 0.1) is 0 Å². The number of nitrogens with zero attached hydrogens (tertiary/aromatic N) is 2. The monoisotopic (exact) mass is 320 g/mol. The molecule has 5 heteroatoms. The molecule has 0 spiro atoms. The van der Waals surface area contributed by atoms with Gasteiger partial charge in [0.15, 0.2) is 0 Å². The maximum absolute atomic E-state index is 5.82. The lowest BCUT2D eigenvalue weighted by Gasteiger charge is -2.01. The van der Waals surface area contributed by atoms with Crippen molar-refractivity contribution in [3.05, 3.63) is 32.6 Å². The number of pyridine rings is 2. The van der Waals surface area contributed by atoms with E-state index in [2.05, 4.69) is 41.8 Å². The molecular formula is C8H3Br2ClN2. The lowest BCUT2D eigenvalue weighted by atomic mass is 10.3. The Balaban J connectivity index is 2.92. The molecule has 0 aliphatic carbocycles. The summed E-state index contributed by atoms with van der Waals surface area (Å²) in [4.78, 5) is 8.27. The molecule has 0 saturated carbocycles. The second-order valence-electron chi connectivity index (χ2n) is 2.45. The highest BCUT2D eigenvalue weighted by Gasteiger charge is 2.05. The second-order valence-corrected chi connectivity index (χ2v) is 4.49. The first kappa shape index (κ1) is 9.37. The first-order chi connectivity index (χ1) is 6.18. The average molecular weight is 322 g/mol. The summed E-state index contributed by atoms with van der Waals surface area (Å²) < 4.78 is 1.61. The largest absolute Gasteiger partial charge is 0.252 e. The van der Waals surface area contributed by atoms with Crippen LogP contribution >= 0.6 is 43.5 Å². The summed E-state index contributed by atoms with van der Waals surface area (Å²) in [6.07, 6.45) is 3.31. The van der Waals surface area contributed by atoms with Crippen LogP contribution in [-0.2, 0) is 0 Å². The van der Waals surface area contributed by atoms with Gasteiger partial charge in [0, 0.05) is 22.3 Å². The summed E-state index contributed by atoms with van der Waals surface area (Å²) in [5, 5.41) is 1.57. The smallest absolute Gasteiger partial charge is 0.132 e. The molecule has 0 saturated heterocycles. The van der Waals surface area contributed by atoms with E-state index in [4.69, 9.17) is 11.6 Å². The Labute approximate surface area is 96.6 Å². The number of fused-ring (bicyclic) bond motifs is 1. The fraction of sp³-hybridized carbons (Fsp3) is 0. The van der Waals surface area contributed by atoms with Gasteiger partial charge in [0.2, 0.25) is 0 Å². The standard InChI is InChI=1S/C8H3Br2ClN2/c9-6-3-13-8(10)7-5(6)1-4(11)2-12-7/h1-3H. The van der Waals surface area contributed by atoms with Crippen LogP contribution in [0.15, 0.2) is 27.5 Å². The highest BCUT2D eigenvalue weighted by Crippen LogP contribution is 2.28. The number of rotatable bonds is 0. The quantitative estimate of drug-likeness (QED) is 0.689. The Morgan fingerprint density at radius 2 is 1.92 bits per heavy atom. The zero-order valence-corrected chi connectivity index (χ0v) is 10.2. The van der Waals surface area contributed by atoms with Gasteiger partial charge in [0.1, 0.15) is 10.1 Å². The van der Waals surface area contributed by atoms with Crippen molar-refractivity contribution in [2.24, 2.45) is 0 Å². The molecule has 66 valence electrons. The van der Waals surface area contributed by atoms with E-state index in [0.29, 0.717) is 5.02 Å². The van der Waals surface area contributed by atoms with Gasteiger partial charge in [-0.1, -0.05) is 11.6 Å². The molecule has 0 amide bonds. The fourth-order valence-electron chi connectivity index (χ4n) is 1.03. The Morgan fingerprint density at radius 3 is 2.69 bits per heavy atom. The first-order valence-electron chi connectivity index (χ1n) is 3.44. The number of hydrogen-bond donors (Lipinski definition) is 0. The topological polar surface area (TPSA) is 25.8 Å². The van der Waals surface area contributed by atoms with Gasteiger partial charge in [-0.05, 0) is 37.9 Å². The third kappa shape index (κ3) is 1.71. The minimum absolute atomic E-state index is 0.617. The zero-order chi connectivity index (χ0) is 9.42. The average Bonchev–Trinajstić information content (AvgIpc) is 2.12. The van der Waals surface area contributed by atoms with Gasteiger partial charge in [-0.2, -0.15) is 0 Å². The van der Waals surface area contributed by atoms with E-state index in [0.717, 1.165) is 20.0 Å². The molecule has 0 unspecified atom stereocenters. The van der Waals surface area contributed by atoms with E-state index in [9.17, 15) is 0 Å². The van der Waals surface area contributed by atoms with E-state index in [1.807, 2.05) is 6.07 Å². The van der Waals surface area contributed by atoms with Crippen molar-refractivity contribution in [1.29, 1.82) is 0 Å². The predicted octanol–water partition coefficient (Wildman–Crippen LogP) is 3.81. The van der Waals surface area contributed by atoms with Gasteiger partial charge in [-0.25, -0.2) is 4.98 Å². The molecule has 0 bridgehead atoms. The van der Waals surface area contributed by atoms with Crippen LogP contribution in [0.4, 0.5) is 0 Å². The molecule has 0 atom stereocenters. The SMILES string of the molecule is Clc1cnc2c(Br)ncc(Br)c2c1. The van der Waals surface area contributed by atoms with Gasteiger partial charge in [0.25, 0.3) is 0 Å². The number of halogens is 3. The van der Waals surface area contributed by atoms with Crippen LogP contribution in [0.25, 0.3) is 10.9 Å². The van der Waals surface area contributed by atoms with Crippen molar-refractivity contribution in [2.45, 2.75) is 0 Å². The summed E-state index contributed by atoms with van der Waals surface area (Å²) in [5.74, 6) is 0. The Hall–Kier alpha value is -0.190. The summed E-state index contributed by atoms with van der Waals surface area (Å²) in [6.45, 7) is 0. The van der Waals surface area contributed by atoms with E-state index < -0.39 is 0 Å². The molecule has 0 radical (unpaired) electrons. The second kappa shape index (κ2) is 3.52. The van der Waals surface area contributed by atoms with Gasteiger partial charge in [-0.15, -0.1) is 0 Å². The van der Waals surface area contributed by atoms with Crippen LogP contribution < -0.4 is 0 Å². The predicted molar refractivity (Wildman–Crippen MR) is 59.9 cm³/mol. The van der Waals surface area contributed by atoms with E-state index in [1.54, 1.807) is 12.4 Å². The van der Waals surface area contributed by atoms with Crippen LogP contribution in [0.2, 0.25) is 5.02 Å². The van der Waals surface area contributed by atoms with Crippen LogP contribution in [0.1, 0.15) is 0 Å². The normalized spacial score (nSPS) is 10.7. The van der Waals surface area contributed by atoms with Gasteiger partial charge in [0.05, 0.1) is 5.02 Å². The van der Waals surface area contributed by atoms with E-state index in [-0.39, 0.29) is 0 Å². The Bertz CT molecular complexity index is 473. The van der Waals surface area contributed by atoms with Crippen LogP contribution in [0.3, 0.4) is 0 Å². The molecule has 0 fully saturated rings. The fourth-order valence-corrected chi connectivity index (χ4v) is 2.01. The van der Waals surface area contributed by atoms with Gasteiger partial charge in [-0.3, -0.25) is 4.98 Å². The maximum atomic E-state index is 5.82. The highest BCUT2D eigenvalue weighted by atomic mass is 79.9. The van der Waals surface area contributed by atoms with E-state index in [1.165, 1.54) is 0 Å². The lowest BCUT2D eigenvalue weighted by Crippen LogP contribution is -1.84. The third-order valence-electron chi connectivity index (χ3n) is 1.60. The Kier molecular flexibility index (Phi) is 2.53. The Morgan fingerprint density at radius 1 is 1.15 bits per heavy atom. The molecule has 0 aliphatic heterocycles. The summed E-state index contributed by atoms with van der Waals surface area (Å²) in [7, 11) is 0. The van der Waals surface area contributed by atoms with Gasteiger partial charge >= 0.3 is 0 Å². The molecule has 2 heterocycles. The van der Waals surface area contributed by atoms with Crippen molar-refractivity contribution in [2.75, 3.05) is 0 Å². The van der Waals surface area contributed by atoms with Crippen LogP contribution in [-0.4, -0.2) is 9.97 Å². The summed E-state index contributed by atoms with van der Waals surface area (Å²) in [6, 6.07) is 1.85. The lowest BCUT2D eigenvalue weighted by molar-refractivity contribution is 1.26. The zero-order valence-electron chi connectivity index (χ0n) is 6.26. The van der Waals surface area contributed by atoms with Gasteiger partial charge < -0.3 is 0 Å². The summed E-state index contributed by atoms with van der Waals surface area (Å²) >= 11 is 12.5. The van der Waals surface area contributed by atoms with Crippen LogP contribution in [0.5, 0.6) is 0 Å². The number of hydrogen-bond acceptors (Lipinski definition) is 2. The molecule has 2 aromatic heterocycles. The highest BCUT2D eigenvalue weighted by molar-refractivity contribution is 9.11. The van der Waals surface area contributed by atoms with E-state index >= 15 is 0 Å². The van der Waals surface area contributed by atoms with Crippen molar-refractivity contribution in [1.82, 2.24) is 9.97 Å². The first-order valence-corrected chi connectivity index (χ1v) is 5.40.